The molecule has 0 amide bonds. The fourth-order valence-electron chi connectivity index (χ4n) is 4.22. The van der Waals surface area contributed by atoms with Crippen molar-refractivity contribution in [3.63, 3.8) is 0 Å². The van der Waals surface area contributed by atoms with Crippen LogP contribution in [-0.2, 0) is 14.8 Å². The van der Waals surface area contributed by atoms with Crippen molar-refractivity contribution < 1.29 is 13.2 Å². The molecule has 0 spiro atoms. The van der Waals surface area contributed by atoms with E-state index < -0.39 is 10.0 Å². The van der Waals surface area contributed by atoms with E-state index in [0.717, 1.165) is 47.8 Å². The zero-order chi connectivity index (χ0) is 20.0. The summed E-state index contributed by atoms with van der Waals surface area (Å²) >= 11 is 7.04. The van der Waals surface area contributed by atoms with Crippen LogP contribution in [0.25, 0.3) is 11.2 Å². The molecule has 2 fully saturated rings. The van der Waals surface area contributed by atoms with Gasteiger partial charge in [0.2, 0.25) is 0 Å². The topological polar surface area (TPSA) is 77.3 Å². The molecule has 29 heavy (non-hydrogen) atoms. The van der Waals surface area contributed by atoms with E-state index in [-0.39, 0.29) is 12.1 Å². The lowest BCUT2D eigenvalue weighted by atomic mass is 10.1. The highest BCUT2D eigenvalue weighted by atomic mass is 35.5. The predicted octanol–water partition coefficient (Wildman–Crippen LogP) is 4.02. The van der Waals surface area contributed by atoms with Crippen LogP contribution in [0.3, 0.4) is 0 Å². The van der Waals surface area contributed by atoms with E-state index in [1.807, 2.05) is 12.1 Å². The number of halogens is 1. The third-order valence-electron chi connectivity index (χ3n) is 5.63. The molecule has 0 bridgehead atoms. The van der Waals surface area contributed by atoms with Crippen LogP contribution in [0, 0.1) is 0 Å². The van der Waals surface area contributed by atoms with Crippen LogP contribution in [0.5, 0.6) is 0 Å². The van der Waals surface area contributed by atoms with Crippen LogP contribution in [0.1, 0.15) is 43.7 Å². The molecular formula is C19H21ClN4O3S2. The number of nitrogens with zero attached hydrogens (tertiary/aromatic N) is 4. The molecule has 1 atom stereocenters. The molecule has 2 aliphatic rings. The van der Waals surface area contributed by atoms with Gasteiger partial charge in [-0.2, -0.15) is 4.31 Å². The van der Waals surface area contributed by atoms with Gasteiger partial charge in [0.05, 0.1) is 4.34 Å². The maximum Gasteiger partial charge on any atom is 0.252 e. The molecule has 10 heteroatoms. The monoisotopic (exact) mass is 452 g/mol. The number of rotatable bonds is 4. The number of piperidine rings is 1. The summed E-state index contributed by atoms with van der Waals surface area (Å²) in [6.07, 6.45) is 5.16. The Hall–Kier alpha value is -1.52. The van der Waals surface area contributed by atoms with E-state index in [2.05, 4.69) is 9.55 Å². The molecule has 7 nitrogen and oxygen atoms in total. The molecule has 1 unspecified atom stereocenters. The van der Waals surface area contributed by atoms with Crippen molar-refractivity contribution >= 4 is 44.1 Å². The molecule has 0 aromatic carbocycles. The van der Waals surface area contributed by atoms with E-state index >= 15 is 0 Å². The molecule has 0 saturated carbocycles. The number of hydrogen-bond donors (Lipinski definition) is 0. The maximum atomic E-state index is 12.9. The lowest BCUT2D eigenvalue weighted by Gasteiger charge is -2.32. The molecule has 154 valence electrons. The minimum absolute atomic E-state index is 0.0146. The Morgan fingerprint density at radius 1 is 1.17 bits per heavy atom. The Labute approximate surface area is 178 Å². The fourth-order valence-corrected chi connectivity index (χ4v) is 7.33. The van der Waals surface area contributed by atoms with Gasteiger partial charge in [-0.15, -0.1) is 11.3 Å². The summed E-state index contributed by atoms with van der Waals surface area (Å²) < 4.78 is 36.3. The van der Waals surface area contributed by atoms with E-state index in [0.29, 0.717) is 34.5 Å². The van der Waals surface area contributed by atoms with Gasteiger partial charge in [-0.25, -0.2) is 18.4 Å². The standard InChI is InChI=1S/C19H21ClN4O3S2/c20-16-5-6-17(28-16)29(25,26)23-10-7-13(8-11-23)24-18-14(3-1-9-21-18)22-19(24)15-4-2-12-27-15/h1,3,5-6,9,13,15H,2,4,7-8,10-12H2. The third kappa shape index (κ3) is 3.48. The van der Waals surface area contributed by atoms with Crippen molar-refractivity contribution in [3.05, 3.63) is 40.6 Å². The van der Waals surface area contributed by atoms with E-state index in [9.17, 15) is 8.42 Å². The molecule has 3 aromatic heterocycles. The molecule has 5 rings (SSSR count). The number of fused-ring (bicyclic) bond motifs is 1. The van der Waals surface area contributed by atoms with Crippen molar-refractivity contribution in [2.75, 3.05) is 19.7 Å². The lowest BCUT2D eigenvalue weighted by Crippen LogP contribution is -2.39. The van der Waals surface area contributed by atoms with Crippen LogP contribution in [0.15, 0.2) is 34.7 Å². The molecule has 0 N–H and O–H groups in total. The largest absolute Gasteiger partial charge is 0.370 e. The second-order valence-corrected chi connectivity index (χ2v) is 11.3. The summed E-state index contributed by atoms with van der Waals surface area (Å²) in [5.74, 6) is 0.919. The zero-order valence-electron chi connectivity index (χ0n) is 15.7. The van der Waals surface area contributed by atoms with Gasteiger partial charge in [0.25, 0.3) is 10.0 Å². The molecule has 2 saturated heterocycles. The molecular weight excluding hydrogens is 432 g/mol. The third-order valence-corrected chi connectivity index (χ3v) is 9.22. The Morgan fingerprint density at radius 3 is 2.69 bits per heavy atom. The molecule has 3 aromatic rings. The predicted molar refractivity (Wildman–Crippen MR) is 112 cm³/mol. The van der Waals surface area contributed by atoms with Crippen molar-refractivity contribution in [1.82, 2.24) is 18.8 Å². The number of aromatic nitrogens is 3. The lowest BCUT2D eigenvalue weighted by molar-refractivity contribution is 0.0990. The van der Waals surface area contributed by atoms with E-state index in [1.165, 1.54) is 0 Å². The summed E-state index contributed by atoms with van der Waals surface area (Å²) in [4.78, 5) is 9.39. The van der Waals surface area contributed by atoms with Gasteiger partial charge in [-0.1, -0.05) is 11.6 Å². The van der Waals surface area contributed by atoms with E-state index in [4.69, 9.17) is 21.3 Å². The summed E-state index contributed by atoms with van der Waals surface area (Å²) in [6, 6.07) is 7.21. The van der Waals surface area contributed by atoms with Crippen molar-refractivity contribution in [1.29, 1.82) is 0 Å². The first-order chi connectivity index (χ1) is 14.0. The smallest absolute Gasteiger partial charge is 0.252 e. The summed E-state index contributed by atoms with van der Waals surface area (Å²) in [5, 5.41) is 0. The molecule has 5 heterocycles. The fraction of sp³-hybridized carbons (Fsp3) is 0.474. The number of imidazole rings is 1. The minimum Gasteiger partial charge on any atom is -0.370 e. The van der Waals surface area contributed by atoms with Crippen LogP contribution in [0.4, 0.5) is 0 Å². The SMILES string of the molecule is O=S(=O)(c1ccc(Cl)s1)N1CCC(n2c(C3CCCO3)nc3cccnc32)CC1. The number of ether oxygens (including phenoxy) is 1. The van der Waals surface area contributed by atoms with Crippen LogP contribution >= 0.6 is 22.9 Å². The van der Waals surface area contributed by atoms with Gasteiger partial charge in [0.15, 0.2) is 5.65 Å². The average Bonchev–Trinajstić information content (AvgIpc) is 3.47. The van der Waals surface area contributed by atoms with Gasteiger partial charge < -0.3 is 9.30 Å². The number of hydrogen-bond acceptors (Lipinski definition) is 6. The van der Waals surface area contributed by atoms with Gasteiger partial charge in [0, 0.05) is 31.9 Å². The first kappa shape index (κ1) is 19.4. The average molecular weight is 453 g/mol. The van der Waals surface area contributed by atoms with Gasteiger partial charge in [-0.3, -0.25) is 0 Å². The highest BCUT2D eigenvalue weighted by Crippen LogP contribution is 2.36. The quantitative estimate of drug-likeness (QED) is 0.597. The Kier molecular flexibility index (Phi) is 5.11. The summed E-state index contributed by atoms with van der Waals surface area (Å²) in [5.41, 5.74) is 1.71. The Balaban J connectivity index is 1.42. The normalized spacial score (nSPS) is 21.9. The first-order valence-corrected chi connectivity index (χ1v) is 12.4. The maximum absolute atomic E-state index is 12.9. The van der Waals surface area contributed by atoms with Crippen LogP contribution in [-0.4, -0.2) is 47.0 Å². The first-order valence-electron chi connectivity index (χ1n) is 9.74. The van der Waals surface area contributed by atoms with Crippen LogP contribution < -0.4 is 0 Å². The summed E-state index contributed by atoms with van der Waals surface area (Å²) in [7, 11) is -3.50. The van der Waals surface area contributed by atoms with Crippen molar-refractivity contribution in [2.24, 2.45) is 0 Å². The minimum atomic E-state index is -3.50. The highest BCUT2D eigenvalue weighted by molar-refractivity contribution is 7.91. The second kappa shape index (κ2) is 7.63. The van der Waals surface area contributed by atoms with Crippen molar-refractivity contribution in [3.8, 4) is 0 Å². The Bertz CT molecular complexity index is 1130. The van der Waals surface area contributed by atoms with Gasteiger partial charge >= 0.3 is 0 Å². The molecule has 0 radical (unpaired) electrons. The van der Waals surface area contributed by atoms with Gasteiger partial charge in [0.1, 0.15) is 21.7 Å². The number of thiophene rings is 1. The van der Waals surface area contributed by atoms with Crippen molar-refractivity contribution in [2.45, 2.75) is 42.0 Å². The van der Waals surface area contributed by atoms with Crippen LogP contribution in [0.2, 0.25) is 4.34 Å². The van der Waals surface area contributed by atoms with Gasteiger partial charge in [-0.05, 0) is 49.9 Å². The molecule has 2 aliphatic heterocycles. The zero-order valence-corrected chi connectivity index (χ0v) is 18.1. The molecule has 0 aliphatic carbocycles. The summed E-state index contributed by atoms with van der Waals surface area (Å²) in [6.45, 7) is 1.67. The number of pyridine rings is 1. The Morgan fingerprint density at radius 2 is 2.00 bits per heavy atom. The van der Waals surface area contributed by atoms with E-state index in [1.54, 1.807) is 22.6 Å². The highest BCUT2D eigenvalue weighted by Gasteiger charge is 2.34. The second-order valence-electron chi connectivity index (χ2n) is 7.38. The number of sulfonamides is 1.